The molecule has 0 amide bonds. The molecule has 0 aromatic heterocycles. The summed E-state index contributed by atoms with van der Waals surface area (Å²) < 4.78 is 83.2. The molecule has 2 fully saturated rings. The minimum atomic E-state index is -5.75. The Labute approximate surface area is 146 Å². The van der Waals surface area contributed by atoms with Crippen LogP contribution in [-0.2, 0) is 65.7 Å². The van der Waals surface area contributed by atoms with E-state index in [2.05, 4.69) is 4.18 Å². The predicted molar refractivity (Wildman–Crippen MR) is 59.0 cm³/mol. The van der Waals surface area contributed by atoms with Crippen molar-refractivity contribution in [3.63, 3.8) is 0 Å². The first-order chi connectivity index (χ1) is 9.15. The smallest absolute Gasteiger partial charge is 0.516 e. The second kappa shape index (κ2) is 7.31. The number of ether oxygens (including phenoxy) is 3. The Morgan fingerprint density at radius 3 is 2.38 bits per heavy atom. The van der Waals surface area contributed by atoms with Gasteiger partial charge < -0.3 is 18.7 Å². The molecule has 0 bridgehead atoms. The molecule has 7 nitrogen and oxygen atoms in total. The van der Waals surface area contributed by atoms with Gasteiger partial charge in [0.15, 0.2) is 6.29 Å². The Morgan fingerprint density at radius 2 is 1.86 bits per heavy atom. The molecule has 2 rings (SSSR count). The molecule has 2 heterocycles. The van der Waals surface area contributed by atoms with E-state index in [9.17, 15) is 21.6 Å². The SMILES string of the molecule is C[C-]1OC2C(OS(=O)(=O)C(F)(F)F)COC(OP)C2O1.[Y]. The Balaban J connectivity index is 0.00000220. The fourth-order valence-electron chi connectivity index (χ4n) is 1.84. The summed E-state index contributed by atoms with van der Waals surface area (Å²) in [6, 6.07) is 0. The summed E-state index contributed by atoms with van der Waals surface area (Å²) in [7, 11) is -3.83. The van der Waals surface area contributed by atoms with Crippen LogP contribution in [0.1, 0.15) is 6.92 Å². The van der Waals surface area contributed by atoms with Crippen molar-refractivity contribution >= 4 is 19.6 Å². The fraction of sp³-hybridized carbons (Fsp3) is 0.875. The Morgan fingerprint density at radius 1 is 1.29 bits per heavy atom. The van der Waals surface area contributed by atoms with Crippen molar-refractivity contribution in [2.45, 2.75) is 37.0 Å². The largest absolute Gasteiger partial charge is 0.523 e. The standard InChI is InChI=1S/C8H11F3O7PS.Y/c1-3-15-5-4(18-20(12,13)8(9,10)11)2-14-7(17-19)6(5)16-3;/h4-7H,2,19H2,1H3;/q-1;. The van der Waals surface area contributed by atoms with Crippen molar-refractivity contribution in [3.05, 3.63) is 6.29 Å². The van der Waals surface area contributed by atoms with Gasteiger partial charge in [0.05, 0.1) is 12.7 Å². The van der Waals surface area contributed by atoms with Crippen LogP contribution in [0.25, 0.3) is 0 Å². The maximum atomic E-state index is 12.3. The van der Waals surface area contributed by atoms with Gasteiger partial charge in [-0.05, 0) is 0 Å². The molecule has 5 atom stereocenters. The first-order valence-electron chi connectivity index (χ1n) is 5.29. The summed E-state index contributed by atoms with van der Waals surface area (Å²) in [4.78, 5) is 0. The van der Waals surface area contributed by atoms with E-state index in [4.69, 9.17) is 18.7 Å². The number of hydrogen-bond acceptors (Lipinski definition) is 7. The first kappa shape index (κ1) is 20.1. The monoisotopic (exact) mass is 428 g/mol. The van der Waals surface area contributed by atoms with Crippen molar-refractivity contribution in [1.82, 2.24) is 0 Å². The van der Waals surface area contributed by atoms with Crippen LogP contribution in [0, 0.1) is 6.29 Å². The van der Waals surface area contributed by atoms with E-state index in [1.807, 2.05) is 9.47 Å². The minimum absolute atomic E-state index is 0. The van der Waals surface area contributed by atoms with Crippen LogP contribution in [0.2, 0.25) is 0 Å². The molecule has 2 aliphatic rings. The van der Waals surface area contributed by atoms with E-state index in [1.165, 1.54) is 6.92 Å². The van der Waals surface area contributed by atoms with E-state index >= 15 is 0 Å². The van der Waals surface area contributed by atoms with Gasteiger partial charge in [-0.25, -0.2) is 0 Å². The van der Waals surface area contributed by atoms with Crippen LogP contribution in [-0.4, -0.2) is 45.1 Å². The van der Waals surface area contributed by atoms with Gasteiger partial charge in [-0.2, -0.15) is 21.6 Å². The molecule has 13 heteroatoms. The zero-order valence-corrected chi connectivity index (χ0v) is 15.4. The topological polar surface area (TPSA) is 80.3 Å². The number of hydrogen-bond donors (Lipinski definition) is 0. The molecule has 0 spiro atoms. The number of fused-ring (bicyclic) bond motifs is 1. The first-order valence-corrected chi connectivity index (χ1v) is 7.17. The molecule has 1 radical (unpaired) electrons. The molecule has 5 unspecified atom stereocenters. The van der Waals surface area contributed by atoms with Crippen molar-refractivity contribution in [2.75, 3.05) is 6.61 Å². The number of halogens is 3. The van der Waals surface area contributed by atoms with Gasteiger partial charge in [-0.1, -0.05) is 6.29 Å². The van der Waals surface area contributed by atoms with Crippen LogP contribution in [0.15, 0.2) is 0 Å². The minimum Gasteiger partial charge on any atom is -0.516 e. The van der Waals surface area contributed by atoms with Crippen molar-refractivity contribution < 1.29 is 77.2 Å². The van der Waals surface area contributed by atoms with E-state index < -0.39 is 46.8 Å². The Bertz CT molecular complexity index is 461. The van der Waals surface area contributed by atoms with E-state index in [1.54, 1.807) is 0 Å². The molecular weight excluding hydrogens is 417 g/mol. The van der Waals surface area contributed by atoms with Crippen molar-refractivity contribution in [1.29, 1.82) is 0 Å². The third-order valence-corrected chi connectivity index (χ3v) is 3.99. The van der Waals surface area contributed by atoms with Gasteiger partial charge in [0.1, 0.15) is 12.2 Å². The van der Waals surface area contributed by atoms with E-state index in [0.717, 1.165) is 0 Å². The van der Waals surface area contributed by atoms with Crippen LogP contribution in [0.5, 0.6) is 0 Å². The molecule has 2 aliphatic heterocycles. The summed E-state index contributed by atoms with van der Waals surface area (Å²) in [6.07, 6.45) is -4.34. The van der Waals surface area contributed by atoms with Gasteiger partial charge >= 0.3 is 15.6 Å². The molecule has 121 valence electrons. The summed E-state index contributed by atoms with van der Waals surface area (Å²) >= 11 is 0. The van der Waals surface area contributed by atoms with Crippen molar-refractivity contribution in [3.8, 4) is 0 Å². The second-order valence-electron chi connectivity index (χ2n) is 4.03. The summed E-state index contributed by atoms with van der Waals surface area (Å²) in [6.45, 7) is 0.972. The van der Waals surface area contributed by atoms with E-state index in [-0.39, 0.29) is 39.0 Å². The molecule has 0 aromatic rings. The summed E-state index contributed by atoms with van der Waals surface area (Å²) in [5.74, 6) is 0. The van der Waals surface area contributed by atoms with Gasteiger partial charge in [0.2, 0.25) is 0 Å². The summed E-state index contributed by atoms with van der Waals surface area (Å²) in [5.41, 5.74) is -5.52. The maximum Gasteiger partial charge on any atom is 0.523 e. The molecule has 0 aliphatic carbocycles. The zero-order valence-electron chi connectivity index (χ0n) is 10.6. The van der Waals surface area contributed by atoms with Crippen LogP contribution in [0.3, 0.4) is 0 Å². The number of alkyl halides is 3. The second-order valence-corrected chi connectivity index (χ2v) is 5.86. The third-order valence-electron chi connectivity index (χ3n) is 2.66. The van der Waals surface area contributed by atoms with Gasteiger partial charge in [0, 0.05) is 42.2 Å². The number of rotatable bonds is 3. The predicted octanol–water partition coefficient (Wildman–Crippen LogP) is 0.675. The van der Waals surface area contributed by atoms with Crippen LogP contribution in [0.4, 0.5) is 13.2 Å². The Hall–Kier alpha value is 1.07. The molecule has 0 aromatic carbocycles. The van der Waals surface area contributed by atoms with Crippen LogP contribution >= 0.6 is 9.47 Å². The molecular formula is C8H11F3O7PSY-. The van der Waals surface area contributed by atoms with Gasteiger partial charge in [-0.3, -0.25) is 4.18 Å². The molecule has 0 N–H and O–H groups in total. The normalized spacial score (nSPS) is 34.3. The van der Waals surface area contributed by atoms with Gasteiger partial charge in [0.25, 0.3) is 0 Å². The Kier molecular flexibility index (Phi) is 7.01. The molecule has 21 heavy (non-hydrogen) atoms. The summed E-state index contributed by atoms with van der Waals surface area (Å²) in [5, 5.41) is 0. The fourth-order valence-corrected chi connectivity index (χ4v) is 2.67. The third kappa shape index (κ3) is 4.33. The quantitative estimate of drug-likeness (QED) is 0.283. The average molecular weight is 428 g/mol. The van der Waals surface area contributed by atoms with E-state index in [0.29, 0.717) is 0 Å². The average Bonchev–Trinajstić information content (AvgIpc) is 2.69. The van der Waals surface area contributed by atoms with Gasteiger partial charge in [-0.15, -0.1) is 6.92 Å². The molecule has 2 saturated heterocycles. The maximum absolute atomic E-state index is 12.3. The zero-order chi connectivity index (χ0) is 15.1. The van der Waals surface area contributed by atoms with Crippen LogP contribution < -0.4 is 0 Å². The van der Waals surface area contributed by atoms with Crippen molar-refractivity contribution in [2.24, 2.45) is 0 Å². The molecule has 0 saturated carbocycles.